The number of rotatable bonds is 6. The molecule has 0 aliphatic heterocycles. The molecule has 0 spiro atoms. The van der Waals surface area contributed by atoms with Crippen LogP contribution in [0.4, 0.5) is 0 Å². The fourth-order valence-electron chi connectivity index (χ4n) is 3.16. The summed E-state index contributed by atoms with van der Waals surface area (Å²) in [4.78, 5) is 12.3. The minimum absolute atomic E-state index is 0.0375. The molecule has 0 bridgehead atoms. The third-order valence-corrected chi connectivity index (χ3v) is 5.32. The lowest BCUT2D eigenvalue weighted by Crippen LogP contribution is -2.02. The van der Waals surface area contributed by atoms with Gasteiger partial charge in [-0.3, -0.25) is 0 Å². The summed E-state index contributed by atoms with van der Waals surface area (Å²) in [5.74, 6) is -0.494. The van der Waals surface area contributed by atoms with Crippen LogP contribution >= 0.6 is 15.9 Å². The topological polar surface area (TPSA) is 67.9 Å². The zero-order chi connectivity index (χ0) is 22.3. The van der Waals surface area contributed by atoms with Crippen molar-refractivity contribution in [3.63, 3.8) is 0 Å². The van der Waals surface area contributed by atoms with Crippen LogP contribution in [0.3, 0.4) is 0 Å². The molecule has 1 heterocycles. The Labute approximate surface area is 194 Å². The number of halogens is 1. The Morgan fingerprint density at radius 2 is 1.75 bits per heavy atom. The number of esters is 1. The molecule has 0 N–H and O–H groups in total. The second kappa shape index (κ2) is 9.90. The van der Waals surface area contributed by atoms with Crippen LogP contribution in [-0.4, -0.2) is 15.7 Å². The Bertz CT molecular complexity index is 1300. The smallest absolute Gasteiger partial charge is 0.331 e. The summed E-state index contributed by atoms with van der Waals surface area (Å²) in [6, 6.07) is 26.8. The molecule has 0 radical (unpaired) electrons. The molecule has 5 nitrogen and oxygen atoms in total. The average molecular weight is 484 g/mol. The summed E-state index contributed by atoms with van der Waals surface area (Å²) in [5.41, 5.74) is 4.54. The maximum atomic E-state index is 12.3. The molecular formula is C26H18BrN3O2. The third kappa shape index (κ3) is 5.02. The third-order valence-electron chi connectivity index (χ3n) is 4.79. The van der Waals surface area contributed by atoms with Gasteiger partial charge in [-0.05, 0) is 36.4 Å². The first-order valence-corrected chi connectivity index (χ1v) is 10.7. The molecule has 3 aromatic carbocycles. The van der Waals surface area contributed by atoms with Crippen LogP contribution in [0.15, 0.2) is 95.6 Å². The molecule has 0 saturated heterocycles. The van der Waals surface area contributed by atoms with Crippen LogP contribution in [-0.2, 0) is 16.1 Å². The Balaban J connectivity index is 1.58. The number of carbonyl (C=O) groups excluding carboxylic acids is 1. The number of benzene rings is 3. The summed E-state index contributed by atoms with van der Waals surface area (Å²) in [6.45, 7) is 0.0375. The van der Waals surface area contributed by atoms with Gasteiger partial charge in [0.15, 0.2) is 0 Å². The van der Waals surface area contributed by atoms with E-state index in [1.54, 1.807) is 29.0 Å². The predicted octanol–water partition coefficient (Wildman–Crippen LogP) is 5.93. The van der Waals surface area contributed by atoms with Crippen molar-refractivity contribution in [1.82, 2.24) is 9.78 Å². The fourth-order valence-corrected chi connectivity index (χ4v) is 3.43. The Morgan fingerprint density at radius 3 is 2.50 bits per heavy atom. The zero-order valence-corrected chi connectivity index (χ0v) is 18.6. The number of aromatic nitrogens is 2. The van der Waals surface area contributed by atoms with Crippen molar-refractivity contribution < 1.29 is 9.53 Å². The van der Waals surface area contributed by atoms with E-state index in [1.807, 2.05) is 66.9 Å². The first-order chi connectivity index (χ1) is 15.6. The second-order valence-corrected chi connectivity index (χ2v) is 7.85. The Kier molecular flexibility index (Phi) is 6.59. The van der Waals surface area contributed by atoms with Gasteiger partial charge in [0.25, 0.3) is 0 Å². The molecule has 4 aromatic rings. The first kappa shape index (κ1) is 21.3. The van der Waals surface area contributed by atoms with Crippen LogP contribution in [0.1, 0.15) is 16.7 Å². The van der Waals surface area contributed by atoms with E-state index >= 15 is 0 Å². The molecule has 0 fully saturated rings. The number of carbonyl (C=O) groups is 1. The zero-order valence-electron chi connectivity index (χ0n) is 17.0. The highest BCUT2D eigenvalue weighted by Crippen LogP contribution is 2.26. The van der Waals surface area contributed by atoms with Crippen LogP contribution in [0, 0.1) is 11.3 Å². The molecule has 4 rings (SSSR count). The Hall–Kier alpha value is -3.95. The van der Waals surface area contributed by atoms with Gasteiger partial charge in [0.1, 0.15) is 6.61 Å². The van der Waals surface area contributed by atoms with E-state index in [4.69, 9.17) is 9.84 Å². The van der Waals surface area contributed by atoms with Gasteiger partial charge < -0.3 is 4.74 Å². The van der Waals surface area contributed by atoms with Crippen molar-refractivity contribution in [3.05, 3.63) is 112 Å². The summed E-state index contributed by atoms with van der Waals surface area (Å²) in [6.07, 6.45) is 4.95. The quantitative estimate of drug-likeness (QED) is 0.251. The number of ether oxygens (including phenoxy) is 1. The number of hydrogen-bond acceptors (Lipinski definition) is 4. The summed E-state index contributed by atoms with van der Waals surface area (Å²) in [7, 11) is 0. The van der Waals surface area contributed by atoms with E-state index in [0.717, 1.165) is 27.0 Å². The number of para-hydroxylation sites is 1. The molecular weight excluding hydrogens is 466 g/mol. The molecule has 0 saturated carbocycles. The normalized spacial score (nSPS) is 10.8. The molecule has 156 valence electrons. The molecule has 0 unspecified atom stereocenters. The molecule has 32 heavy (non-hydrogen) atoms. The maximum absolute atomic E-state index is 12.3. The minimum atomic E-state index is -0.494. The SMILES string of the molecule is N#Cc1ccccc1COC(=O)C=Cc1cn(-c2ccccc2)nc1-c1ccc(Br)cc1. The van der Waals surface area contributed by atoms with E-state index in [-0.39, 0.29) is 6.61 Å². The van der Waals surface area contributed by atoms with Gasteiger partial charge in [0.2, 0.25) is 0 Å². The fraction of sp³-hybridized carbons (Fsp3) is 0.0385. The largest absolute Gasteiger partial charge is 0.458 e. The van der Waals surface area contributed by atoms with Crippen LogP contribution in [0.2, 0.25) is 0 Å². The lowest BCUT2D eigenvalue weighted by Gasteiger charge is -2.04. The molecule has 0 aliphatic rings. The van der Waals surface area contributed by atoms with E-state index < -0.39 is 5.97 Å². The van der Waals surface area contributed by atoms with Crippen molar-refractivity contribution in [1.29, 1.82) is 5.26 Å². The number of nitrogens with zero attached hydrogens (tertiary/aromatic N) is 3. The lowest BCUT2D eigenvalue weighted by atomic mass is 10.1. The molecule has 0 amide bonds. The Morgan fingerprint density at radius 1 is 1.03 bits per heavy atom. The van der Waals surface area contributed by atoms with Gasteiger partial charge in [-0.1, -0.05) is 64.5 Å². The van der Waals surface area contributed by atoms with Crippen LogP contribution in [0.5, 0.6) is 0 Å². The summed E-state index contributed by atoms with van der Waals surface area (Å²) < 4.78 is 8.09. The first-order valence-electron chi connectivity index (χ1n) is 9.88. The van der Waals surface area contributed by atoms with Crippen LogP contribution < -0.4 is 0 Å². The van der Waals surface area contributed by atoms with Crippen molar-refractivity contribution in [2.75, 3.05) is 0 Å². The second-order valence-electron chi connectivity index (χ2n) is 6.93. The standard InChI is InChI=1S/C26H18BrN3O2/c27-23-13-10-19(11-14-23)26-21(17-30(29-26)24-8-2-1-3-9-24)12-15-25(31)32-18-22-7-5-4-6-20(22)16-28/h1-15,17H,18H2. The van der Waals surface area contributed by atoms with E-state index in [0.29, 0.717) is 11.1 Å². The van der Waals surface area contributed by atoms with E-state index in [1.165, 1.54) is 6.08 Å². The lowest BCUT2D eigenvalue weighted by molar-refractivity contribution is -0.138. The van der Waals surface area contributed by atoms with Crippen molar-refractivity contribution >= 4 is 28.0 Å². The molecule has 1 aromatic heterocycles. The number of hydrogen-bond donors (Lipinski definition) is 0. The predicted molar refractivity (Wildman–Crippen MR) is 127 cm³/mol. The van der Waals surface area contributed by atoms with Gasteiger partial charge >= 0.3 is 5.97 Å². The molecule has 0 aliphatic carbocycles. The van der Waals surface area contributed by atoms with Gasteiger partial charge in [-0.15, -0.1) is 0 Å². The molecule has 6 heteroatoms. The van der Waals surface area contributed by atoms with Crippen LogP contribution in [0.25, 0.3) is 23.0 Å². The van der Waals surface area contributed by atoms with Gasteiger partial charge in [0, 0.05) is 33.4 Å². The maximum Gasteiger partial charge on any atom is 0.331 e. The van der Waals surface area contributed by atoms with E-state index in [2.05, 4.69) is 22.0 Å². The van der Waals surface area contributed by atoms with Crippen molar-refractivity contribution in [2.45, 2.75) is 6.61 Å². The monoisotopic (exact) mass is 483 g/mol. The highest BCUT2D eigenvalue weighted by atomic mass is 79.9. The van der Waals surface area contributed by atoms with E-state index in [9.17, 15) is 10.1 Å². The highest BCUT2D eigenvalue weighted by molar-refractivity contribution is 9.10. The number of nitriles is 1. The average Bonchev–Trinajstić information content (AvgIpc) is 3.27. The van der Waals surface area contributed by atoms with Crippen molar-refractivity contribution in [2.24, 2.45) is 0 Å². The van der Waals surface area contributed by atoms with Crippen molar-refractivity contribution in [3.8, 4) is 23.0 Å². The summed E-state index contributed by atoms with van der Waals surface area (Å²) >= 11 is 3.45. The van der Waals surface area contributed by atoms with Gasteiger partial charge in [-0.25, -0.2) is 9.48 Å². The molecule has 0 atom stereocenters. The minimum Gasteiger partial charge on any atom is -0.458 e. The summed E-state index contributed by atoms with van der Waals surface area (Å²) in [5, 5.41) is 13.9. The van der Waals surface area contributed by atoms with Gasteiger partial charge in [-0.2, -0.15) is 10.4 Å². The van der Waals surface area contributed by atoms with Gasteiger partial charge in [0.05, 0.1) is 23.0 Å². The highest BCUT2D eigenvalue weighted by Gasteiger charge is 2.11.